The number of nitrogens with one attached hydrogen (secondary N) is 1. The predicted molar refractivity (Wildman–Crippen MR) is 107 cm³/mol. The number of hydrogen-bond acceptors (Lipinski definition) is 5. The molecule has 1 amide bonds. The van der Waals surface area contributed by atoms with Gasteiger partial charge in [-0.2, -0.15) is 0 Å². The highest BCUT2D eigenvalue weighted by Gasteiger charge is 2.27. The summed E-state index contributed by atoms with van der Waals surface area (Å²) in [5, 5.41) is 2.85. The van der Waals surface area contributed by atoms with Gasteiger partial charge in [-0.3, -0.25) is 4.79 Å². The van der Waals surface area contributed by atoms with Gasteiger partial charge in [0.15, 0.2) is 11.5 Å². The number of para-hydroxylation sites is 1. The number of carbonyl (C=O) groups is 1. The van der Waals surface area contributed by atoms with Crippen LogP contribution in [0.2, 0.25) is 0 Å². The lowest BCUT2D eigenvalue weighted by atomic mass is 10.1. The highest BCUT2D eigenvalue weighted by Crippen LogP contribution is 2.38. The number of aromatic nitrogens is 1. The van der Waals surface area contributed by atoms with Crippen molar-refractivity contribution in [2.45, 2.75) is 19.4 Å². The first-order chi connectivity index (χ1) is 13.7. The van der Waals surface area contributed by atoms with Crippen molar-refractivity contribution in [3.63, 3.8) is 0 Å². The van der Waals surface area contributed by atoms with Gasteiger partial charge in [-0.15, -0.1) is 0 Å². The summed E-state index contributed by atoms with van der Waals surface area (Å²) in [5.74, 6) is 1.04. The van der Waals surface area contributed by atoms with E-state index in [4.69, 9.17) is 9.47 Å². The van der Waals surface area contributed by atoms with Crippen LogP contribution in [0.5, 0.6) is 11.5 Å². The lowest BCUT2D eigenvalue weighted by Gasteiger charge is -2.24. The monoisotopic (exact) mass is 373 g/mol. The summed E-state index contributed by atoms with van der Waals surface area (Å²) in [5.41, 5.74) is 4.52. The van der Waals surface area contributed by atoms with Crippen LogP contribution in [-0.4, -0.2) is 23.7 Å². The van der Waals surface area contributed by atoms with E-state index in [1.165, 1.54) is 11.3 Å². The van der Waals surface area contributed by atoms with Crippen LogP contribution in [0.3, 0.4) is 0 Å². The van der Waals surface area contributed by atoms with E-state index < -0.39 is 0 Å². The zero-order valence-corrected chi connectivity index (χ0v) is 15.4. The molecule has 1 N–H and O–H groups in total. The Balaban J connectivity index is 1.34. The van der Waals surface area contributed by atoms with Gasteiger partial charge in [-0.05, 0) is 49.2 Å². The van der Waals surface area contributed by atoms with E-state index in [0.29, 0.717) is 28.9 Å². The normalized spacial score (nSPS) is 16.8. The van der Waals surface area contributed by atoms with Crippen LogP contribution in [0, 0.1) is 0 Å². The minimum Gasteiger partial charge on any atom is -0.454 e. The zero-order chi connectivity index (χ0) is 19.1. The van der Waals surface area contributed by atoms with Crippen LogP contribution >= 0.6 is 0 Å². The number of rotatable bonds is 3. The van der Waals surface area contributed by atoms with Gasteiger partial charge in [0.05, 0.1) is 11.9 Å². The molecule has 1 aromatic heterocycles. The maximum atomic E-state index is 12.6. The predicted octanol–water partition coefficient (Wildman–Crippen LogP) is 4.15. The Morgan fingerprint density at radius 1 is 1.11 bits per heavy atom. The standard InChI is InChI=1S/C22H19N3O3/c1-14-10-15-4-2-3-5-19(15)25(14)17-7-8-18(23-12-17)22(26)24-16-6-9-20-21(11-16)28-13-27-20/h2-9,11-12,14H,10,13H2,1H3,(H,24,26). The highest BCUT2D eigenvalue weighted by atomic mass is 16.7. The fourth-order valence-corrected chi connectivity index (χ4v) is 3.79. The Hall–Kier alpha value is -3.54. The first-order valence-electron chi connectivity index (χ1n) is 9.23. The molecule has 1 unspecified atom stereocenters. The molecule has 0 spiro atoms. The quantitative estimate of drug-likeness (QED) is 0.747. The van der Waals surface area contributed by atoms with Crippen LogP contribution in [-0.2, 0) is 6.42 Å². The van der Waals surface area contributed by atoms with Gasteiger partial charge >= 0.3 is 0 Å². The second-order valence-electron chi connectivity index (χ2n) is 6.98. The zero-order valence-electron chi connectivity index (χ0n) is 15.4. The molecule has 140 valence electrons. The van der Waals surface area contributed by atoms with E-state index in [0.717, 1.165) is 12.1 Å². The molecule has 0 saturated carbocycles. The van der Waals surface area contributed by atoms with Gasteiger partial charge in [0.2, 0.25) is 6.79 Å². The minimum atomic E-state index is -0.264. The van der Waals surface area contributed by atoms with Crippen molar-refractivity contribution >= 4 is 23.0 Å². The summed E-state index contributed by atoms with van der Waals surface area (Å²) < 4.78 is 10.6. The molecule has 6 nitrogen and oxygen atoms in total. The van der Waals surface area contributed by atoms with E-state index in [2.05, 4.69) is 40.3 Å². The number of ether oxygens (including phenoxy) is 2. The fourth-order valence-electron chi connectivity index (χ4n) is 3.79. The molecule has 3 heterocycles. The second-order valence-corrected chi connectivity index (χ2v) is 6.98. The van der Waals surface area contributed by atoms with Crippen molar-refractivity contribution in [2.24, 2.45) is 0 Å². The number of nitrogens with zero attached hydrogens (tertiary/aromatic N) is 2. The molecule has 2 aromatic carbocycles. The second kappa shape index (κ2) is 6.56. The third kappa shape index (κ3) is 2.83. The van der Waals surface area contributed by atoms with Gasteiger partial charge in [-0.25, -0.2) is 4.98 Å². The van der Waals surface area contributed by atoms with Gasteiger partial charge in [0, 0.05) is 23.5 Å². The summed E-state index contributed by atoms with van der Waals surface area (Å²) >= 11 is 0. The number of hydrogen-bond donors (Lipinski definition) is 1. The lowest BCUT2D eigenvalue weighted by molar-refractivity contribution is 0.102. The molecule has 28 heavy (non-hydrogen) atoms. The molecule has 6 heteroatoms. The maximum Gasteiger partial charge on any atom is 0.274 e. The number of fused-ring (bicyclic) bond motifs is 2. The van der Waals surface area contributed by atoms with E-state index in [-0.39, 0.29) is 12.7 Å². The van der Waals surface area contributed by atoms with E-state index in [1.807, 2.05) is 12.1 Å². The summed E-state index contributed by atoms with van der Waals surface area (Å²) in [6.07, 6.45) is 2.76. The third-order valence-corrected chi connectivity index (χ3v) is 5.10. The Labute approximate surface area is 162 Å². The van der Waals surface area contributed by atoms with Crippen molar-refractivity contribution in [2.75, 3.05) is 17.0 Å². The fraction of sp³-hybridized carbons (Fsp3) is 0.182. The molecular weight excluding hydrogens is 354 g/mol. The van der Waals surface area contributed by atoms with Gasteiger partial charge in [-0.1, -0.05) is 18.2 Å². The Morgan fingerprint density at radius 3 is 2.82 bits per heavy atom. The number of anilines is 3. The van der Waals surface area contributed by atoms with Crippen LogP contribution in [0.1, 0.15) is 23.0 Å². The maximum absolute atomic E-state index is 12.6. The summed E-state index contributed by atoms with van der Waals surface area (Å²) in [6.45, 7) is 2.40. The van der Waals surface area contributed by atoms with Crippen molar-refractivity contribution in [1.82, 2.24) is 4.98 Å². The molecule has 0 bridgehead atoms. The molecule has 0 saturated heterocycles. The molecular formula is C22H19N3O3. The molecule has 2 aliphatic heterocycles. The van der Waals surface area contributed by atoms with E-state index in [1.54, 1.807) is 30.5 Å². The van der Waals surface area contributed by atoms with Crippen molar-refractivity contribution in [1.29, 1.82) is 0 Å². The summed E-state index contributed by atoms with van der Waals surface area (Å²) in [4.78, 5) is 19.2. The number of amides is 1. The van der Waals surface area contributed by atoms with Crippen LogP contribution < -0.4 is 19.7 Å². The minimum absolute atomic E-state index is 0.202. The topological polar surface area (TPSA) is 63.7 Å². The largest absolute Gasteiger partial charge is 0.454 e. The van der Waals surface area contributed by atoms with Crippen LogP contribution in [0.15, 0.2) is 60.8 Å². The van der Waals surface area contributed by atoms with Crippen LogP contribution in [0.25, 0.3) is 0 Å². The Bertz CT molecular complexity index is 1050. The molecule has 3 aromatic rings. The van der Waals surface area contributed by atoms with Crippen molar-refractivity contribution in [3.05, 3.63) is 72.1 Å². The van der Waals surface area contributed by atoms with Gasteiger partial charge in [0.1, 0.15) is 5.69 Å². The number of carbonyl (C=O) groups excluding carboxylic acids is 1. The molecule has 2 aliphatic rings. The molecule has 0 aliphatic carbocycles. The molecule has 0 radical (unpaired) electrons. The average Bonchev–Trinajstić information content (AvgIpc) is 3.31. The molecule has 0 fully saturated rings. The summed E-state index contributed by atoms with van der Waals surface area (Å²) in [6, 6.07) is 17.8. The average molecular weight is 373 g/mol. The number of pyridine rings is 1. The van der Waals surface area contributed by atoms with E-state index in [9.17, 15) is 4.79 Å². The summed E-state index contributed by atoms with van der Waals surface area (Å²) in [7, 11) is 0. The first kappa shape index (κ1) is 16.6. The Morgan fingerprint density at radius 2 is 1.96 bits per heavy atom. The van der Waals surface area contributed by atoms with Gasteiger partial charge in [0.25, 0.3) is 5.91 Å². The van der Waals surface area contributed by atoms with Crippen molar-refractivity contribution < 1.29 is 14.3 Å². The van der Waals surface area contributed by atoms with E-state index >= 15 is 0 Å². The first-order valence-corrected chi connectivity index (χ1v) is 9.23. The lowest BCUT2D eigenvalue weighted by Crippen LogP contribution is -2.24. The molecule has 1 atom stereocenters. The van der Waals surface area contributed by atoms with Crippen molar-refractivity contribution in [3.8, 4) is 11.5 Å². The molecule has 5 rings (SSSR count). The van der Waals surface area contributed by atoms with Crippen LogP contribution in [0.4, 0.5) is 17.1 Å². The third-order valence-electron chi connectivity index (χ3n) is 5.10. The Kier molecular flexibility index (Phi) is 3.90. The SMILES string of the molecule is CC1Cc2ccccc2N1c1ccc(C(=O)Nc2ccc3c(c2)OCO3)nc1. The number of benzene rings is 2. The highest BCUT2D eigenvalue weighted by molar-refractivity contribution is 6.03. The van der Waals surface area contributed by atoms with Gasteiger partial charge < -0.3 is 19.7 Å². The smallest absolute Gasteiger partial charge is 0.274 e.